The largest absolute Gasteiger partial charge is 0.497 e. The van der Waals surface area contributed by atoms with E-state index in [1.54, 1.807) is 46.6 Å². The van der Waals surface area contributed by atoms with Gasteiger partial charge in [0.05, 0.1) is 28.4 Å². The number of benzene rings is 2. The smallest absolute Gasteiger partial charge is 0.244 e. The number of hydrogen-bond donors (Lipinski definition) is 1. The molecule has 0 bridgehead atoms. The maximum atomic E-state index is 12.6. The lowest BCUT2D eigenvalue weighted by Gasteiger charge is -2.30. The van der Waals surface area contributed by atoms with Crippen molar-refractivity contribution in [3.8, 4) is 23.0 Å². The molecule has 1 aliphatic rings. The third-order valence-electron chi connectivity index (χ3n) is 5.98. The average molecular weight is 426 g/mol. The second-order valence-electron chi connectivity index (χ2n) is 7.73. The van der Waals surface area contributed by atoms with Crippen LogP contribution in [0.5, 0.6) is 23.0 Å². The number of hydrogen-bond acceptors (Lipinski definition) is 5. The fourth-order valence-corrected chi connectivity index (χ4v) is 4.25. The van der Waals surface area contributed by atoms with Crippen LogP contribution in [0.15, 0.2) is 42.5 Å². The van der Waals surface area contributed by atoms with Crippen molar-refractivity contribution in [3.05, 3.63) is 53.6 Å². The van der Waals surface area contributed by atoms with Crippen LogP contribution in [-0.2, 0) is 10.2 Å². The van der Waals surface area contributed by atoms with Gasteiger partial charge in [0.2, 0.25) is 11.7 Å². The second kappa shape index (κ2) is 10.2. The molecule has 2 aromatic rings. The van der Waals surface area contributed by atoms with Crippen LogP contribution in [0.2, 0.25) is 0 Å². The average Bonchev–Trinajstić information content (AvgIpc) is 3.30. The quantitative estimate of drug-likeness (QED) is 0.605. The van der Waals surface area contributed by atoms with Crippen LogP contribution >= 0.6 is 0 Å². The summed E-state index contributed by atoms with van der Waals surface area (Å²) in [4.78, 5) is 12.6. The molecule has 166 valence electrons. The number of amides is 1. The Morgan fingerprint density at radius 3 is 2.06 bits per heavy atom. The first-order valence-corrected chi connectivity index (χ1v) is 10.5. The molecule has 0 atom stereocenters. The van der Waals surface area contributed by atoms with Crippen LogP contribution in [0, 0.1) is 0 Å². The van der Waals surface area contributed by atoms with E-state index in [1.807, 2.05) is 12.1 Å². The van der Waals surface area contributed by atoms with Gasteiger partial charge in [-0.05, 0) is 54.3 Å². The lowest BCUT2D eigenvalue weighted by molar-refractivity contribution is -0.116. The minimum absolute atomic E-state index is 0.0255. The monoisotopic (exact) mass is 425 g/mol. The number of carbonyl (C=O) groups is 1. The molecule has 31 heavy (non-hydrogen) atoms. The second-order valence-corrected chi connectivity index (χ2v) is 7.73. The molecule has 0 saturated heterocycles. The summed E-state index contributed by atoms with van der Waals surface area (Å²) in [5, 5.41) is 3.10. The van der Waals surface area contributed by atoms with Gasteiger partial charge in [0, 0.05) is 18.0 Å². The van der Waals surface area contributed by atoms with Gasteiger partial charge in [0.15, 0.2) is 11.5 Å². The van der Waals surface area contributed by atoms with Gasteiger partial charge in [-0.1, -0.05) is 25.0 Å². The van der Waals surface area contributed by atoms with Crippen LogP contribution < -0.4 is 24.3 Å². The zero-order chi connectivity index (χ0) is 22.3. The van der Waals surface area contributed by atoms with Gasteiger partial charge >= 0.3 is 0 Å². The summed E-state index contributed by atoms with van der Waals surface area (Å²) in [5.74, 6) is 2.33. The molecule has 2 aromatic carbocycles. The molecule has 1 N–H and O–H groups in total. The van der Waals surface area contributed by atoms with E-state index in [4.69, 9.17) is 18.9 Å². The minimum atomic E-state index is -0.131. The van der Waals surface area contributed by atoms with Crippen LogP contribution in [0.4, 0.5) is 0 Å². The van der Waals surface area contributed by atoms with Gasteiger partial charge in [-0.15, -0.1) is 0 Å². The number of ether oxygens (including phenoxy) is 4. The molecular weight excluding hydrogens is 394 g/mol. The summed E-state index contributed by atoms with van der Waals surface area (Å²) < 4.78 is 21.4. The molecule has 1 saturated carbocycles. The minimum Gasteiger partial charge on any atom is -0.497 e. The first kappa shape index (κ1) is 22.5. The molecule has 0 unspecified atom stereocenters. The van der Waals surface area contributed by atoms with Crippen LogP contribution in [0.3, 0.4) is 0 Å². The van der Waals surface area contributed by atoms with E-state index in [2.05, 4.69) is 17.4 Å². The topological polar surface area (TPSA) is 66.0 Å². The van der Waals surface area contributed by atoms with E-state index < -0.39 is 0 Å². The zero-order valence-electron chi connectivity index (χ0n) is 18.7. The Kier molecular flexibility index (Phi) is 7.45. The highest BCUT2D eigenvalue weighted by molar-refractivity contribution is 5.92. The molecule has 3 rings (SSSR count). The van der Waals surface area contributed by atoms with E-state index in [0.29, 0.717) is 23.8 Å². The van der Waals surface area contributed by atoms with Crippen LogP contribution in [0.25, 0.3) is 6.08 Å². The number of carbonyl (C=O) groups excluding carboxylic acids is 1. The summed E-state index contributed by atoms with van der Waals surface area (Å²) in [7, 11) is 6.36. The molecule has 6 heteroatoms. The van der Waals surface area contributed by atoms with Crippen molar-refractivity contribution in [2.75, 3.05) is 35.0 Å². The van der Waals surface area contributed by atoms with Crippen molar-refractivity contribution in [2.24, 2.45) is 0 Å². The first-order valence-electron chi connectivity index (χ1n) is 10.5. The van der Waals surface area contributed by atoms with E-state index in [9.17, 15) is 4.79 Å². The Labute approximate surface area is 184 Å². The third-order valence-corrected chi connectivity index (χ3v) is 5.98. The number of rotatable bonds is 9. The van der Waals surface area contributed by atoms with E-state index in [0.717, 1.165) is 24.2 Å². The Morgan fingerprint density at radius 2 is 1.55 bits per heavy atom. The van der Waals surface area contributed by atoms with Gasteiger partial charge in [-0.2, -0.15) is 0 Å². The number of nitrogens with one attached hydrogen (secondary N) is 1. The van der Waals surface area contributed by atoms with E-state index >= 15 is 0 Å². The van der Waals surface area contributed by atoms with Crippen LogP contribution in [-0.4, -0.2) is 40.9 Å². The zero-order valence-corrected chi connectivity index (χ0v) is 18.7. The summed E-state index contributed by atoms with van der Waals surface area (Å²) in [6, 6.07) is 11.8. The molecular formula is C25H31NO5. The highest BCUT2D eigenvalue weighted by Crippen LogP contribution is 2.41. The Balaban J connectivity index is 1.70. The first-order chi connectivity index (χ1) is 15.0. The van der Waals surface area contributed by atoms with Crippen molar-refractivity contribution in [1.29, 1.82) is 0 Å². The summed E-state index contributed by atoms with van der Waals surface area (Å²) >= 11 is 0. The van der Waals surface area contributed by atoms with Crippen molar-refractivity contribution < 1.29 is 23.7 Å². The summed E-state index contributed by atoms with van der Waals surface area (Å²) in [6.07, 6.45) is 7.75. The van der Waals surface area contributed by atoms with Gasteiger partial charge in [0.25, 0.3) is 0 Å². The summed E-state index contributed by atoms with van der Waals surface area (Å²) in [6.45, 7) is 0.609. The third kappa shape index (κ3) is 5.13. The standard InChI is InChI=1S/C25H31NO5/c1-28-20-10-8-19(9-11-20)25(13-5-6-14-25)17-26-23(27)12-7-18-15-21(29-2)24(31-4)22(16-18)30-3/h7-12,15-16H,5-6,13-14,17H2,1-4H3,(H,26,27)/b12-7+. The lowest BCUT2D eigenvalue weighted by atomic mass is 9.78. The highest BCUT2D eigenvalue weighted by Gasteiger charge is 2.35. The molecule has 1 amide bonds. The van der Waals surface area contributed by atoms with Gasteiger partial charge in [-0.3, -0.25) is 4.79 Å². The molecule has 0 aromatic heterocycles. The predicted octanol–water partition coefficient (Wildman–Crippen LogP) is 4.36. The Morgan fingerprint density at radius 1 is 0.935 bits per heavy atom. The lowest BCUT2D eigenvalue weighted by Crippen LogP contribution is -2.38. The summed E-state index contributed by atoms with van der Waals surface area (Å²) in [5.41, 5.74) is 2.01. The molecule has 1 fully saturated rings. The normalized spacial score (nSPS) is 15.0. The molecule has 0 radical (unpaired) electrons. The SMILES string of the molecule is COc1ccc(C2(CNC(=O)/C=C/c3cc(OC)c(OC)c(OC)c3)CCCC2)cc1. The van der Waals surface area contributed by atoms with Crippen molar-refractivity contribution >= 4 is 12.0 Å². The molecule has 0 aliphatic heterocycles. The Hall–Kier alpha value is -3.15. The Bertz CT molecular complexity index is 889. The molecule has 6 nitrogen and oxygen atoms in total. The molecule has 0 spiro atoms. The van der Waals surface area contributed by atoms with Crippen molar-refractivity contribution in [2.45, 2.75) is 31.1 Å². The molecule has 1 aliphatic carbocycles. The van der Waals surface area contributed by atoms with E-state index in [1.165, 1.54) is 24.5 Å². The van der Waals surface area contributed by atoms with Gasteiger partial charge < -0.3 is 24.3 Å². The highest BCUT2D eigenvalue weighted by atomic mass is 16.5. The van der Waals surface area contributed by atoms with E-state index in [-0.39, 0.29) is 11.3 Å². The van der Waals surface area contributed by atoms with Crippen molar-refractivity contribution in [1.82, 2.24) is 5.32 Å². The van der Waals surface area contributed by atoms with Gasteiger partial charge in [0.1, 0.15) is 5.75 Å². The maximum Gasteiger partial charge on any atom is 0.244 e. The van der Waals surface area contributed by atoms with Gasteiger partial charge in [-0.25, -0.2) is 0 Å². The maximum absolute atomic E-state index is 12.6. The fourth-order valence-electron chi connectivity index (χ4n) is 4.25. The van der Waals surface area contributed by atoms with Crippen LogP contribution in [0.1, 0.15) is 36.8 Å². The van der Waals surface area contributed by atoms with Crippen molar-refractivity contribution in [3.63, 3.8) is 0 Å². The predicted molar refractivity (Wildman–Crippen MR) is 121 cm³/mol. The molecule has 0 heterocycles. The fraction of sp³-hybridized carbons (Fsp3) is 0.400. The number of methoxy groups -OCH3 is 4.